The first-order chi connectivity index (χ1) is 8.91. The van der Waals surface area contributed by atoms with Gasteiger partial charge in [0.25, 0.3) is 0 Å². The van der Waals surface area contributed by atoms with Crippen molar-refractivity contribution in [2.75, 3.05) is 20.1 Å². The van der Waals surface area contributed by atoms with Crippen molar-refractivity contribution in [2.24, 2.45) is 17.3 Å². The fourth-order valence-electron chi connectivity index (χ4n) is 3.60. The first-order valence-corrected chi connectivity index (χ1v) is 7.87. The standard InChI is InChI=1S/C16H30N2O/c1-16(2,3)13-9-15(19)18(10-13)11-14(17-4)12-7-5-6-8-12/h12-14,17H,5-11H2,1-4H3. The van der Waals surface area contributed by atoms with Gasteiger partial charge in [-0.05, 0) is 37.1 Å². The van der Waals surface area contributed by atoms with Crippen LogP contribution in [-0.4, -0.2) is 37.0 Å². The molecule has 0 aromatic heterocycles. The Labute approximate surface area is 118 Å². The molecule has 1 aliphatic heterocycles. The molecule has 2 unspecified atom stereocenters. The van der Waals surface area contributed by atoms with Crippen LogP contribution in [0.4, 0.5) is 0 Å². The molecular weight excluding hydrogens is 236 g/mol. The van der Waals surface area contributed by atoms with E-state index in [-0.39, 0.29) is 5.41 Å². The average Bonchev–Trinajstić information content (AvgIpc) is 2.95. The number of nitrogens with zero attached hydrogens (tertiary/aromatic N) is 1. The summed E-state index contributed by atoms with van der Waals surface area (Å²) in [7, 11) is 2.05. The Bertz CT molecular complexity index is 315. The zero-order chi connectivity index (χ0) is 14.0. The maximum atomic E-state index is 12.2. The molecule has 0 bridgehead atoms. The van der Waals surface area contributed by atoms with Gasteiger partial charge in [0.05, 0.1) is 0 Å². The van der Waals surface area contributed by atoms with Crippen LogP contribution in [0.1, 0.15) is 52.9 Å². The summed E-state index contributed by atoms with van der Waals surface area (Å²) >= 11 is 0. The van der Waals surface area contributed by atoms with Crippen LogP contribution in [0.3, 0.4) is 0 Å². The van der Waals surface area contributed by atoms with Crippen molar-refractivity contribution in [3.05, 3.63) is 0 Å². The zero-order valence-electron chi connectivity index (χ0n) is 13.0. The molecule has 1 heterocycles. The van der Waals surface area contributed by atoms with Crippen LogP contribution >= 0.6 is 0 Å². The van der Waals surface area contributed by atoms with Crippen molar-refractivity contribution >= 4 is 5.91 Å². The number of likely N-dealkylation sites (N-methyl/N-ethyl adjacent to an activating group) is 1. The van der Waals surface area contributed by atoms with Crippen molar-refractivity contribution in [3.8, 4) is 0 Å². The summed E-state index contributed by atoms with van der Waals surface area (Å²) in [4.78, 5) is 14.3. The van der Waals surface area contributed by atoms with Crippen LogP contribution in [0.2, 0.25) is 0 Å². The molecule has 110 valence electrons. The van der Waals surface area contributed by atoms with Crippen LogP contribution in [0.25, 0.3) is 0 Å². The Kier molecular flexibility index (Phi) is 4.54. The summed E-state index contributed by atoms with van der Waals surface area (Å²) in [5.74, 6) is 1.64. The van der Waals surface area contributed by atoms with E-state index >= 15 is 0 Å². The van der Waals surface area contributed by atoms with Gasteiger partial charge in [0.15, 0.2) is 0 Å². The summed E-state index contributed by atoms with van der Waals surface area (Å²) in [6, 6.07) is 0.491. The van der Waals surface area contributed by atoms with Gasteiger partial charge < -0.3 is 10.2 Å². The minimum absolute atomic E-state index is 0.243. The van der Waals surface area contributed by atoms with Gasteiger partial charge in [-0.1, -0.05) is 33.6 Å². The smallest absolute Gasteiger partial charge is 0.222 e. The van der Waals surface area contributed by atoms with Crippen molar-refractivity contribution in [3.63, 3.8) is 0 Å². The number of likely N-dealkylation sites (tertiary alicyclic amines) is 1. The largest absolute Gasteiger partial charge is 0.341 e. The van der Waals surface area contributed by atoms with Crippen LogP contribution in [-0.2, 0) is 4.79 Å². The molecule has 0 radical (unpaired) electrons. The van der Waals surface area contributed by atoms with Gasteiger partial charge in [-0.3, -0.25) is 4.79 Å². The van der Waals surface area contributed by atoms with E-state index in [1.54, 1.807) is 0 Å². The molecular formula is C16H30N2O. The Hall–Kier alpha value is -0.570. The van der Waals surface area contributed by atoms with Crippen molar-refractivity contribution in [2.45, 2.75) is 58.9 Å². The second-order valence-corrected chi connectivity index (χ2v) is 7.51. The number of carbonyl (C=O) groups excluding carboxylic acids is 1. The molecule has 3 nitrogen and oxygen atoms in total. The average molecular weight is 266 g/mol. The van der Waals surface area contributed by atoms with Gasteiger partial charge in [0, 0.05) is 25.6 Å². The maximum absolute atomic E-state index is 12.2. The highest BCUT2D eigenvalue weighted by Crippen LogP contribution is 2.35. The first-order valence-electron chi connectivity index (χ1n) is 7.87. The summed E-state index contributed by atoms with van der Waals surface area (Å²) in [6.45, 7) is 8.61. The molecule has 1 aliphatic carbocycles. The monoisotopic (exact) mass is 266 g/mol. The quantitative estimate of drug-likeness (QED) is 0.848. The molecule has 3 heteroatoms. The number of carbonyl (C=O) groups is 1. The number of amides is 1. The second kappa shape index (κ2) is 5.82. The van der Waals surface area contributed by atoms with Crippen LogP contribution < -0.4 is 5.32 Å². The van der Waals surface area contributed by atoms with Gasteiger partial charge in [-0.15, -0.1) is 0 Å². The van der Waals surface area contributed by atoms with E-state index in [1.807, 2.05) is 7.05 Å². The van der Waals surface area contributed by atoms with E-state index in [1.165, 1.54) is 25.7 Å². The Morgan fingerprint density at radius 1 is 1.32 bits per heavy atom. The molecule has 2 rings (SSSR count). The Morgan fingerprint density at radius 2 is 1.95 bits per heavy atom. The third kappa shape index (κ3) is 3.50. The molecule has 0 spiro atoms. The van der Waals surface area contributed by atoms with E-state index < -0.39 is 0 Å². The van der Waals surface area contributed by atoms with E-state index in [4.69, 9.17) is 0 Å². The Balaban J connectivity index is 1.93. The lowest BCUT2D eigenvalue weighted by Gasteiger charge is -2.30. The molecule has 1 saturated heterocycles. The zero-order valence-corrected chi connectivity index (χ0v) is 13.0. The number of hydrogen-bond donors (Lipinski definition) is 1. The summed E-state index contributed by atoms with van der Waals surface area (Å²) in [6.07, 6.45) is 6.12. The highest BCUT2D eigenvalue weighted by Gasteiger charge is 2.38. The number of rotatable bonds is 4. The third-order valence-corrected chi connectivity index (χ3v) is 5.20. The molecule has 1 N–H and O–H groups in total. The minimum Gasteiger partial charge on any atom is -0.341 e. The van der Waals surface area contributed by atoms with Crippen molar-refractivity contribution in [1.82, 2.24) is 10.2 Å². The molecule has 2 fully saturated rings. The molecule has 0 aromatic rings. The maximum Gasteiger partial charge on any atom is 0.222 e. The fraction of sp³-hybridized carbons (Fsp3) is 0.938. The number of nitrogens with one attached hydrogen (secondary N) is 1. The summed E-state index contributed by atoms with van der Waals surface area (Å²) in [5, 5.41) is 3.45. The predicted octanol–water partition coefficient (Wildman–Crippen LogP) is 2.66. The van der Waals surface area contributed by atoms with Gasteiger partial charge >= 0.3 is 0 Å². The second-order valence-electron chi connectivity index (χ2n) is 7.51. The lowest BCUT2D eigenvalue weighted by molar-refractivity contribution is -0.128. The molecule has 2 atom stereocenters. The predicted molar refractivity (Wildman–Crippen MR) is 78.9 cm³/mol. The lowest BCUT2D eigenvalue weighted by atomic mass is 9.80. The van der Waals surface area contributed by atoms with Crippen LogP contribution in [0.15, 0.2) is 0 Å². The highest BCUT2D eigenvalue weighted by atomic mass is 16.2. The Morgan fingerprint density at radius 3 is 2.42 bits per heavy atom. The molecule has 19 heavy (non-hydrogen) atoms. The van der Waals surface area contributed by atoms with Crippen LogP contribution in [0.5, 0.6) is 0 Å². The van der Waals surface area contributed by atoms with Gasteiger partial charge in [0.2, 0.25) is 5.91 Å². The van der Waals surface area contributed by atoms with Gasteiger partial charge in [-0.2, -0.15) is 0 Å². The topological polar surface area (TPSA) is 32.3 Å². The molecule has 0 aromatic carbocycles. The molecule has 1 amide bonds. The molecule has 1 saturated carbocycles. The lowest BCUT2D eigenvalue weighted by Crippen LogP contribution is -2.44. The summed E-state index contributed by atoms with van der Waals surface area (Å²) < 4.78 is 0. The number of hydrogen-bond acceptors (Lipinski definition) is 2. The van der Waals surface area contributed by atoms with Crippen molar-refractivity contribution < 1.29 is 4.79 Å². The fourth-order valence-corrected chi connectivity index (χ4v) is 3.60. The summed E-state index contributed by atoms with van der Waals surface area (Å²) in [5.41, 5.74) is 0.243. The van der Waals surface area contributed by atoms with E-state index in [0.717, 1.165) is 25.4 Å². The van der Waals surface area contributed by atoms with Gasteiger partial charge in [0.1, 0.15) is 0 Å². The highest BCUT2D eigenvalue weighted by molar-refractivity contribution is 5.78. The third-order valence-electron chi connectivity index (χ3n) is 5.20. The minimum atomic E-state index is 0.243. The SMILES string of the molecule is CNC(CN1CC(C(C)(C)C)CC1=O)C1CCCC1. The first kappa shape index (κ1) is 14.8. The van der Waals surface area contributed by atoms with E-state index in [9.17, 15) is 4.79 Å². The van der Waals surface area contributed by atoms with E-state index in [2.05, 4.69) is 31.0 Å². The normalized spacial score (nSPS) is 27.3. The van der Waals surface area contributed by atoms with Gasteiger partial charge in [-0.25, -0.2) is 0 Å². The van der Waals surface area contributed by atoms with Crippen molar-refractivity contribution in [1.29, 1.82) is 0 Å². The van der Waals surface area contributed by atoms with E-state index in [0.29, 0.717) is 17.9 Å². The van der Waals surface area contributed by atoms with Crippen LogP contribution in [0, 0.1) is 17.3 Å². The molecule has 2 aliphatic rings.